The minimum absolute atomic E-state index is 0.174. The molecule has 1 unspecified atom stereocenters. The van der Waals surface area contributed by atoms with Gasteiger partial charge in [-0.05, 0) is 108 Å². The van der Waals surface area contributed by atoms with E-state index in [-0.39, 0.29) is 23.3 Å². The number of aromatic nitrogens is 2. The monoisotopic (exact) mass is 568 g/mol. The van der Waals surface area contributed by atoms with E-state index in [2.05, 4.69) is 69.8 Å². The molecule has 7 atom stereocenters. The second kappa shape index (κ2) is 11.9. The molecule has 6 nitrogen and oxygen atoms in total. The lowest BCUT2D eigenvalue weighted by Gasteiger charge is -2.64. The molecule has 1 spiro atoms. The third-order valence-electron chi connectivity index (χ3n) is 11.2. The van der Waals surface area contributed by atoms with Gasteiger partial charge in [0.1, 0.15) is 5.60 Å². The first-order valence-electron chi connectivity index (χ1n) is 16.6. The number of nitrogens with one attached hydrogen (secondary N) is 2. The molecule has 2 fully saturated rings. The number of rotatable bonds is 1. The van der Waals surface area contributed by atoms with Crippen LogP contribution >= 0.6 is 0 Å². The Hall–Kier alpha value is -2.51. The smallest absolute Gasteiger partial charge is 0.107 e. The van der Waals surface area contributed by atoms with Crippen LogP contribution in [0.1, 0.15) is 82.2 Å². The standard InChI is InChI=1S/C36H48N4O2/c41-33-30(32-31-27(17-22-37-32)26-15-9-10-16-29(26)39-31)28-18-24-40-23-14-8-4-2-6-12-20-36(33,42)34-35(28,25-40)19-11-5-1-3-7-13-21-38-34/h1-2,5-6,9-10,15-17,22,28,30,33-34,38-39,41-42H,3-4,7-8,11-14,18-21,23-25H2/b5-1-,6-2-/t28-,30+,33-,34+,35-,36-/m0/s1. The minimum Gasteiger partial charge on any atom is -0.389 e. The fraction of sp³-hybridized carbons (Fsp3) is 0.583. The second-order valence-electron chi connectivity index (χ2n) is 13.6. The van der Waals surface area contributed by atoms with Crippen LogP contribution in [-0.4, -0.2) is 69.0 Å². The predicted octanol–water partition coefficient (Wildman–Crippen LogP) is 6.21. The molecule has 1 aliphatic carbocycles. The molecule has 7 rings (SSSR count). The summed E-state index contributed by atoms with van der Waals surface area (Å²) in [5.74, 6) is -0.0453. The van der Waals surface area contributed by atoms with Gasteiger partial charge in [-0.15, -0.1) is 0 Å². The number of aliphatic hydroxyl groups is 2. The van der Waals surface area contributed by atoms with Crippen LogP contribution in [0.5, 0.6) is 0 Å². The molecule has 4 aliphatic rings. The molecular weight excluding hydrogens is 520 g/mol. The molecule has 3 aromatic rings. The van der Waals surface area contributed by atoms with E-state index < -0.39 is 11.7 Å². The quantitative estimate of drug-likeness (QED) is 0.262. The van der Waals surface area contributed by atoms with Gasteiger partial charge in [0.15, 0.2) is 0 Å². The van der Waals surface area contributed by atoms with Crippen molar-refractivity contribution < 1.29 is 10.2 Å². The predicted molar refractivity (Wildman–Crippen MR) is 171 cm³/mol. The number of H-pyrrole nitrogens is 1. The summed E-state index contributed by atoms with van der Waals surface area (Å²) in [7, 11) is 0. The Bertz CT molecular complexity index is 1450. The Kier molecular flexibility index (Phi) is 7.99. The van der Waals surface area contributed by atoms with Gasteiger partial charge >= 0.3 is 0 Å². The zero-order valence-corrected chi connectivity index (χ0v) is 25.0. The number of para-hydroxylation sites is 1. The van der Waals surface area contributed by atoms with Gasteiger partial charge in [-0.1, -0.05) is 42.5 Å². The molecule has 42 heavy (non-hydrogen) atoms. The van der Waals surface area contributed by atoms with E-state index in [9.17, 15) is 10.2 Å². The van der Waals surface area contributed by atoms with Crippen LogP contribution in [0.2, 0.25) is 0 Å². The van der Waals surface area contributed by atoms with E-state index in [0.717, 1.165) is 99.7 Å². The lowest BCUT2D eigenvalue weighted by Crippen LogP contribution is -2.75. The number of nitrogens with zero attached hydrogens (tertiary/aromatic N) is 2. The highest BCUT2D eigenvalue weighted by Gasteiger charge is 2.66. The van der Waals surface area contributed by atoms with Gasteiger partial charge in [0.25, 0.3) is 0 Å². The molecule has 5 heterocycles. The highest BCUT2D eigenvalue weighted by atomic mass is 16.3. The maximum absolute atomic E-state index is 13.0. The molecule has 4 N–H and O–H groups in total. The molecule has 2 aromatic heterocycles. The topological polar surface area (TPSA) is 84.4 Å². The second-order valence-corrected chi connectivity index (χ2v) is 13.6. The fourth-order valence-electron chi connectivity index (χ4n) is 9.29. The van der Waals surface area contributed by atoms with Crippen LogP contribution < -0.4 is 5.32 Å². The summed E-state index contributed by atoms with van der Waals surface area (Å²) >= 11 is 0. The molecule has 6 heteroatoms. The van der Waals surface area contributed by atoms with E-state index in [1.807, 2.05) is 6.20 Å². The average molecular weight is 569 g/mol. The molecule has 224 valence electrons. The highest BCUT2D eigenvalue weighted by Crippen LogP contribution is 2.59. The van der Waals surface area contributed by atoms with Crippen molar-refractivity contribution in [2.45, 2.75) is 94.3 Å². The lowest BCUT2D eigenvalue weighted by atomic mass is 9.48. The van der Waals surface area contributed by atoms with Gasteiger partial charge in [0.2, 0.25) is 0 Å². The summed E-state index contributed by atoms with van der Waals surface area (Å²) in [5.41, 5.74) is 1.59. The van der Waals surface area contributed by atoms with Gasteiger partial charge in [0.05, 0.1) is 17.3 Å². The third kappa shape index (κ3) is 4.85. The molecule has 0 radical (unpaired) electrons. The van der Waals surface area contributed by atoms with Crippen molar-refractivity contribution in [3.8, 4) is 0 Å². The number of aliphatic hydroxyl groups excluding tert-OH is 1. The Morgan fingerprint density at radius 1 is 0.857 bits per heavy atom. The molecule has 1 saturated heterocycles. The molecular formula is C36H48N4O2. The summed E-state index contributed by atoms with van der Waals surface area (Å²) in [6, 6.07) is 10.4. The van der Waals surface area contributed by atoms with Gasteiger partial charge < -0.3 is 25.4 Å². The van der Waals surface area contributed by atoms with E-state index in [0.29, 0.717) is 6.42 Å². The number of hydrogen-bond acceptors (Lipinski definition) is 5. The molecule has 1 saturated carbocycles. The number of benzene rings is 1. The van der Waals surface area contributed by atoms with Gasteiger partial charge in [-0.2, -0.15) is 0 Å². The van der Waals surface area contributed by atoms with Crippen LogP contribution in [0, 0.1) is 11.3 Å². The van der Waals surface area contributed by atoms with Crippen LogP contribution in [-0.2, 0) is 0 Å². The van der Waals surface area contributed by atoms with E-state index in [4.69, 9.17) is 4.98 Å². The maximum Gasteiger partial charge on any atom is 0.107 e. The maximum atomic E-state index is 13.0. The molecule has 3 bridgehead atoms. The van der Waals surface area contributed by atoms with E-state index in [1.54, 1.807) is 0 Å². The Morgan fingerprint density at radius 2 is 1.64 bits per heavy atom. The summed E-state index contributed by atoms with van der Waals surface area (Å²) < 4.78 is 0. The normalized spacial score (nSPS) is 38.0. The van der Waals surface area contributed by atoms with Crippen molar-refractivity contribution in [1.82, 2.24) is 20.2 Å². The summed E-state index contributed by atoms with van der Waals surface area (Å²) in [6.07, 6.45) is 21.5. The van der Waals surface area contributed by atoms with Gasteiger partial charge in [-0.3, -0.25) is 4.98 Å². The van der Waals surface area contributed by atoms with Crippen molar-refractivity contribution in [1.29, 1.82) is 0 Å². The largest absolute Gasteiger partial charge is 0.389 e. The highest BCUT2D eigenvalue weighted by molar-refractivity contribution is 6.07. The van der Waals surface area contributed by atoms with E-state index >= 15 is 0 Å². The number of piperidine rings is 1. The van der Waals surface area contributed by atoms with Crippen molar-refractivity contribution in [3.63, 3.8) is 0 Å². The van der Waals surface area contributed by atoms with Crippen LogP contribution in [0.15, 0.2) is 60.8 Å². The van der Waals surface area contributed by atoms with Crippen molar-refractivity contribution in [2.75, 3.05) is 26.2 Å². The third-order valence-corrected chi connectivity index (χ3v) is 11.2. The zero-order valence-electron chi connectivity index (χ0n) is 25.0. The number of pyridine rings is 1. The van der Waals surface area contributed by atoms with E-state index in [1.165, 1.54) is 18.2 Å². The molecule has 0 amide bonds. The SMILES string of the molecule is O[C@H]1[C@@H](c2nccc3c2[nH]c2ccccc23)[C@@H]2CCN3CCCC/C=C\CC[C@@]1(O)[C@@H]1NCCCC/C=C\CC[C@]21C3. The Morgan fingerprint density at radius 3 is 2.52 bits per heavy atom. The molecule has 3 aliphatic heterocycles. The average Bonchev–Trinajstić information content (AvgIpc) is 3.37. The lowest BCUT2D eigenvalue weighted by molar-refractivity contribution is -0.211. The fourth-order valence-corrected chi connectivity index (χ4v) is 9.29. The number of fused-ring (bicyclic) bond motifs is 4. The van der Waals surface area contributed by atoms with Crippen LogP contribution in [0.25, 0.3) is 21.8 Å². The van der Waals surface area contributed by atoms with Crippen LogP contribution in [0.4, 0.5) is 0 Å². The number of allylic oxidation sites excluding steroid dienone is 4. The van der Waals surface area contributed by atoms with Crippen molar-refractivity contribution in [2.24, 2.45) is 11.3 Å². The Labute approximate surface area is 250 Å². The Balaban J connectivity index is 1.43. The molecule has 1 aromatic carbocycles. The first-order chi connectivity index (χ1) is 20.6. The summed E-state index contributed by atoms with van der Waals surface area (Å²) in [4.78, 5) is 11.4. The van der Waals surface area contributed by atoms with Crippen molar-refractivity contribution in [3.05, 3.63) is 66.5 Å². The zero-order chi connectivity index (χ0) is 28.6. The number of hydrogen-bond donors (Lipinski definition) is 4. The van der Waals surface area contributed by atoms with Crippen molar-refractivity contribution >= 4 is 21.8 Å². The number of aromatic amines is 1. The minimum atomic E-state index is -1.27. The first-order valence-corrected chi connectivity index (χ1v) is 16.6. The summed E-state index contributed by atoms with van der Waals surface area (Å²) in [5, 5.41) is 31.9. The first kappa shape index (κ1) is 28.3. The van der Waals surface area contributed by atoms with Gasteiger partial charge in [-0.25, -0.2) is 0 Å². The van der Waals surface area contributed by atoms with Crippen LogP contribution in [0.3, 0.4) is 0 Å². The summed E-state index contributed by atoms with van der Waals surface area (Å²) in [6.45, 7) is 3.98. The van der Waals surface area contributed by atoms with Gasteiger partial charge in [0, 0.05) is 46.4 Å².